The van der Waals surface area contributed by atoms with Crippen LogP contribution in [0.3, 0.4) is 0 Å². The van der Waals surface area contributed by atoms with Crippen LogP contribution in [0.25, 0.3) is 0 Å². The highest BCUT2D eigenvalue weighted by molar-refractivity contribution is 6.58. The minimum absolute atomic E-state index is 0.0553. The van der Waals surface area contributed by atoms with Gasteiger partial charge in [0, 0.05) is 12.1 Å². The van der Waals surface area contributed by atoms with E-state index in [-0.39, 0.29) is 12.1 Å². The van der Waals surface area contributed by atoms with Crippen molar-refractivity contribution < 1.29 is 21.9 Å². The van der Waals surface area contributed by atoms with Gasteiger partial charge in [-0.15, -0.1) is 0 Å². The SMILES string of the molecule is C=CC(=O)OC(C)CCCCCCCCCCCC[Si](F)(F)F. The number of esters is 1. The van der Waals surface area contributed by atoms with Gasteiger partial charge in [0.1, 0.15) is 0 Å². The summed E-state index contributed by atoms with van der Waals surface area (Å²) in [5.74, 6) is -0.366. The van der Waals surface area contributed by atoms with Crippen molar-refractivity contribution in [2.75, 3.05) is 0 Å². The molecule has 0 aromatic rings. The Hall–Kier alpha value is -0.783. The Kier molecular flexibility index (Phi) is 13.2. The second-order valence-corrected chi connectivity index (χ2v) is 7.87. The summed E-state index contributed by atoms with van der Waals surface area (Å²) in [7, 11) is -5.30. The fraction of sp³-hybridized carbons (Fsp3) is 0.824. The number of hydrogen-bond donors (Lipinski definition) is 0. The van der Waals surface area contributed by atoms with Crippen molar-refractivity contribution in [1.29, 1.82) is 0 Å². The minimum Gasteiger partial charge on any atom is -0.460 e. The lowest BCUT2D eigenvalue weighted by molar-refractivity contribution is -0.142. The van der Waals surface area contributed by atoms with Gasteiger partial charge in [-0.3, -0.25) is 0 Å². The maximum atomic E-state index is 12.1. The van der Waals surface area contributed by atoms with Crippen LogP contribution in [0.2, 0.25) is 6.04 Å². The van der Waals surface area contributed by atoms with Crippen LogP contribution in [0.4, 0.5) is 12.3 Å². The molecule has 23 heavy (non-hydrogen) atoms. The van der Waals surface area contributed by atoms with Gasteiger partial charge >= 0.3 is 15.0 Å². The molecule has 0 fully saturated rings. The molecule has 0 bridgehead atoms. The first-order valence-electron chi connectivity index (χ1n) is 8.75. The molecule has 1 unspecified atom stereocenters. The van der Waals surface area contributed by atoms with Gasteiger partial charge in [0.2, 0.25) is 0 Å². The van der Waals surface area contributed by atoms with Crippen LogP contribution in [-0.2, 0) is 9.53 Å². The largest absolute Gasteiger partial charge is 0.616 e. The number of unbranched alkanes of at least 4 members (excludes halogenated alkanes) is 9. The molecule has 0 aliphatic heterocycles. The number of rotatable bonds is 15. The van der Waals surface area contributed by atoms with Gasteiger partial charge in [0.25, 0.3) is 0 Å². The van der Waals surface area contributed by atoms with Gasteiger partial charge in [-0.05, 0) is 26.2 Å². The molecule has 0 spiro atoms. The Morgan fingerprint density at radius 2 is 1.39 bits per heavy atom. The van der Waals surface area contributed by atoms with Gasteiger partial charge in [-0.25, -0.2) is 17.1 Å². The lowest BCUT2D eigenvalue weighted by Gasteiger charge is -2.11. The summed E-state index contributed by atoms with van der Waals surface area (Å²) < 4.78 is 41.3. The van der Waals surface area contributed by atoms with E-state index < -0.39 is 15.1 Å². The average Bonchev–Trinajstić information content (AvgIpc) is 2.47. The van der Waals surface area contributed by atoms with Crippen molar-refractivity contribution >= 4 is 15.0 Å². The molecule has 0 rings (SSSR count). The quantitative estimate of drug-likeness (QED) is 0.115. The third kappa shape index (κ3) is 17.4. The Labute approximate surface area is 140 Å². The maximum absolute atomic E-state index is 12.1. The second kappa shape index (κ2) is 13.6. The molecule has 6 heteroatoms. The molecule has 0 aromatic heterocycles. The van der Waals surface area contributed by atoms with Crippen LogP contribution >= 0.6 is 0 Å². The molecule has 136 valence electrons. The lowest BCUT2D eigenvalue weighted by atomic mass is 10.0. The molecule has 0 aliphatic rings. The highest BCUT2D eigenvalue weighted by atomic mass is 28.5. The van der Waals surface area contributed by atoms with Gasteiger partial charge in [0.05, 0.1) is 6.10 Å². The Balaban J connectivity index is 3.22. The fourth-order valence-corrected chi connectivity index (χ4v) is 3.13. The topological polar surface area (TPSA) is 26.3 Å². The summed E-state index contributed by atoms with van der Waals surface area (Å²) in [4.78, 5) is 11.0. The van der Waals surface area contributed by atoms with Crippen molar-refractivity contribution in [2.24, 2.45) is 0 Å². The van der Waals surface area contributed by atoms with E-state index in [0.717, 1.165) is 44.9 Å². The van der Waals surface area contributed by atoms with Gasteiger partial charge in [-0.1, -0.05) is 57.9 Å². The summed E-state index contributed by atoms with van der Waals surface area (Å²) in [5.41, 5.74) is 0. The average molecular weight is 353 g/mol. The van der Waals surface area contributed by atoms with Crippen molar-refractivity contribution in [3.63, 3.8) is 0 Å². The summed E-state index contributed by atoms with van der Waals surface area (Å²) in [5, 5.41) is 0. The molecule has 0 saturated carbocycles. The van der Waals surface area contributed by atoms with Crippen LogP contribution in [0.1, 0.15) is 77.6 Å². The predicted octanol–water partition coefficient (Wildman–Crippen LogP) is 6.24. The third-order valence-corrected chi connectivity index (χ3v) is 4.73. The van der Waals surface area contributed by atoms with E-state index in [1.165, 1.54) is 18.9 Å². The van der Waals surface area contributed by atoms with Crippen molar-refractivity contribution in [3.8, 4) is 0 Å². The van der Waals surface area contributed by atoms with Crippen molar-refractivity contribution in [2.45, 2.75) is 89.7 Å². The van der Waals surface area contributed by atoms with Crippen LogP contribution < -0.4 is 0 Å². The standard InChI is InChI=1S/C17H31F3O2Si/c1-3-17(21)22-16(2)14-12-10-8-6-4-5-7-9-11-13-15-23(18,19)20/h3,16H,1,4-15H2,2H3. The lowest BCUT2D eigenvalue weighted by Crippen LogP contribution is -2.13. The molecule has 1 atom stereocenters. The summed E-state index contributed by atoms with van der Waals surface area (Å²) >= 11 is 0. The molecule has 0 heterocycles. The Bertz CT molecular complexity index is 319. The molecule has 0 aromatic carbocycles. The van der Waals surface area contributed by atoms with E-state index in [2.05, 4.69) is 6.58 Å². The molecule has 0 saturated heterocycles. The highest BCUT2D eigenvalue weighted by Gasteiger charge is 2.35. The number of ether oxygens (including phenoxy) is 1. The monoisotopic (exact) mass is 352 g/mol. The van der Waals surface area contributed by atoms with E-state index >= 15 is 0 Å². The zero-order valence-electron chi connectivity index (χ0n) is 14.3. The molecule has 0 radical (unpaired) electrons. The van der Waals surface area contributed by atoms with Crippen LogP contribution in [0, 0.1) is 0 Å². The van der Waals surface area contributed by atoms with Crippen LogP contribution in [0.15, 0.2) is 12.7 Å². The first kappa shape index (κ1) is 22.2. The van der Waals surface area contributed by atoms with E-state index in [9.17, 15) is 17.1 Å². The van der Waals surface area contributed by atoms with Crippen molar-refractivity contribution in [1.82, 2.24) is 0 Å². The second-order valence-electron chi connectivity index (χ2n) is 6.14. The molecular weight excluding hydrogens is 321 g/mol. The van der Waals surface area contributed by atoms with E-state index in [0.29, 0.717) is 12.8 Å². The highest BCUT2D eigenvalue weighted by Crippen LogP contribution is 2.20. The van der Waals surface area contributed by atoms with Gasteiger partial charge in [-0.2, -0.15) is 0 Å². The fourth-order valence-electron chi connectivity index (χ4n) is 2.48. The van der Waals surface area contributed by atoms with Gasteiger partial charge < -0.3 is 4.74 Å². The number of carbonyl (C=O) groups is 1. The minimum atomic E-state index is -5.30. The van der Waals surface area contributed by atoms with Crippen LogP contribution in [-0.4, -0.2) is 21.1 Å². The summed E-state index contributed by atoms with van der Waals surface area (Å²) in [6.07, 6.45) is 11.8. The molecule has 0 aliphatic carbocycles. The van der Waals surface area contributed by atoms with Crippen LogP contribution in [0.5, 0.6) is 0 Å². The zero-order valence-corrected chi connectivity index (χ0v) is 15.3. The molecule has 0 N–H and O–H groups in total. The maximum Gasteiger partial charge on any atom is 0.616 e. The van der Waals surface area contributed by atoms with Crippen molar-refractivity contribution in [3.05, 3.63) is 12.7 Å². The first-order chi connectivity index (χ1) is 10.8. The first-order valence-corrected chi connectivity index (χ1v) is 10.6. The third-order valence-electron chi connectivity index (χ3n) is 3.80. The Morgan fingerprint density at radius 3 is 1.83 bits per heavy atom. The smallest absolute Gasteiger partial charge is 0.460 e. The van der Waals surface area contributed by atoms with E-state index in [4.69, 9.17) is 4.74 Å². The molecular formula is C17H31F3O2Si. The normalized spacial score (nSPS) is 12.9. The Morgan fingerprint density at radius 1 is 0.957 bits per heavy atom. The van der Waals surface area contributed by atoms with E-state index in [1.54, 1.807) is 0 Å². The molecule has 0 amide bonds. The summed E-state index contributed by atoms with van der Waals surface area (Å²) in [6.45, 7) is 5.25. The predicted molar refractivity (Wildman–Crippen MR) is 90.4 cm³/mol. The number of carbonyl (C=O) groups excluding carboxylic acids is 1. The zero-order chi connectivity index (χ0) is 17.6. The molecule has 2 nitrogen and oxygen atoms in total. The number of halogens is 3. The van der Waals surface area contributed by atoms with Gasteiger partial charge in [0.15, 0.2) is 0 Å². The number of hydrogen-bond acceptors (Lipinski definition) is 2. The van der Waals surface area contributed by atoms with E-state index in [1.807, 2.05) is 6.92 Å². The summed E-state index contributed by atoms with van der Waals surface area (Å²) in [6, 6.07) is -0.506.